The summed E-state index contributed by atoms with van der Waals surface area (Å²) in [4.78, 5) is 8.39. The smallest absolute Gasteiger partial charge is 0.129 e. The van der Waals surface area contributed by atoms with Gasteiger partial charge in [0.05, 0.1) is 5.69 Å². The number of hydrogen-bond donors (Lipinski definition) is 1. The van der Waals surface area contributed by atoms with Crippen molar-refractivity contribution in [3.05, 3.63) is 65.3 Å². The highest BCUT2D eigenvalue weighted by molar-refractivity contribution is 6.29. The third kappa shape index (κ3) is 2.11. The van der Waals surface area contributed by atoms with E-state index in [-0.39, 0.29) is 5.41 Å². The molecule has 3 aromatic heterocycles. The molecule has 5 heteroatoms. The number of aromatic nitrogens is 4. The van der Waals surface area contributed by atoms with Gasteiger partial charge in [-0.2, -0.15) is 5.10 Å². The molecule has 0 spiro atoms. The van der Waals surface area contributed by atoms with Crippen LogP contribution in [0, 0.1) is 0 Å². The number of aromatic amines is 1. The highest BCUT2D eigenvalue weighted by Crippen LogP contribution is 2.48. The summed E-state index contributed by atoms with van der Waals surface area (Å²) < 4.78 is 0. The quantitative estimate of drug-likeness (QED) is 0.744. The first-order chi connectivity index (χ1) is 10.8. The van der Waals surface area contributed by atoms with Crippen LogP contribution in [0.1, 0.15) is 30.5 Å². The van der Waals surface area contributed by atoms with Crippen LogP contribution >= 0.6 is 11.6 Å². The standard InChI is InChI=1S/C17H15ClN4/c18-16-5-4-13(11-20-16)17(6-2-7-17)15-9-14(21-22-15)12-3-1-8-19-10-12/h1,3-5,8-11H,2,6-7H2,(H,21,22). The first-order valence-electron chi connectivity index (χ1n) is 7.36. The van der Waals surface area contributed by atoms with Gasteiger partial charge in [0.2, 0.25) is 0 Å². The first kappa shape index (κ1) is 13.5. The van der Waals surface area contributed by atoms with Crippen molar-refractivity contribution in [3.8, 4) is 11.3 Å². The molecule has 4 rings (SSSR count). The van der Waals surface area contributed by atoms with Gasteiger partial charge in [-0.1, -0.05) is 24.1 Å². The van der Waals surface area contributed by atoms with E-state index < -0.39 is 0 Å². The number of rotatable bonds is 3. The zero-order valence-corrected chi connectivity index (χ0v) is 12.7. The Morgan fingerprint density at radius 2 is 2.05 bits per heavy atom. The molecule has 3 heterocycles. The van der Waals surface area contributed by atoms with E-state index in [1.807, 2.05) is 30.6 Å². The van der Waals surface area contributed by atoms with Crippen molar-refractivity contribution >= 4 is 11.6 Å². The van der Waals surface area contributed by atoms with Crippen LogP contribution in [0.3, 0.4) is 0 Å². The maximum atomic E-state index is 5.91. The molecule has 3 aromatic rings. The molecule has 0 aliphatic heterocycles. The second-order valence-electron chi connectivity index (χ2n) is 5.71. The molecule has 1 fully saturated rings. The lowest BCUT2D eigenvalue weighted by Crippen LogP contribution is -2.36. The zero-order valence-electron chi connectivity index (χ0n) is 12.0. The van der Waals surface area contributed by atoms with E-state index in [0.29, 0.717) is 5.15 Å². The highest BCUT2D eigenvalue weighted by atomic mass is 35.5. The largest absolute Gasteiger partial charge is 0.281 e. The molecule has 0 amide bonds. The van der Waals surface area contributed by atoms with E-state index in [0.717, 1.165) is 29.8 Å². The first-order valence-corrected chi connectivity index (χ1v) is 7.74. The topological polar surface area (TPSA) is 54.5 Å². The van der Waals surface area contributed by atoms with Gasteiger partial charge in [-0.15, -0.1) is 0 Å². The predicted octanol–water partition coefficient (Wildman–Crippen LogP) is 3.99. The third-order valence-corrected chi connectivity index (χ3v) is 4.76. The number of pyridine rings is 2. The Labute approximate surface area is 133 Å². The van der Waals surface area contributed by atoms with Gasteiger partial charge in [-0.05, 0) is 42.7 Å². The normalized spacial score (nSPS) is 16.2. The van der Waals surface area contributed by atoms with Gasteiger partial charge >= 0.3 is 0 Å². The molecule has 22 heavy (non-hydrogen) atoms. The lowest BCUT2D eigenvalue weighted by Gasteiger charge is -2.41. The van der Waals surface area contributed by atoms with Crippen molar-refractivity contribution in [3.63, 3.8) is 0 Å². The number of nitrogens with one attached hydrogen (secondary N) is 1. The number of hydrogen-bond acceptors (Lipinski definition) is 3. The molecule has 0 atom stereocenters. The van der Waals surface area contributed by atoms with E-state index in [9.17, 15) is 0 Å². The van der Waals surface area contributed by atoms with E-state index in [1.54, 1.807) is 6.20 Å². The number of nitrogens with zero attached hydrogens (tertiary/aromatic N) is 3. The summed E-state index contributed by atoms with van der Waals surface area (Å²) in [6, 6.07) is 10.00. The number of halogens is 1. The SMILES string of the molecule is Clc1ccc(C2(c3cc(-c4cccnc4)n[nH]3)CCC2)cn1. The van der Waals surface area contributed by atoms with Crippen LogP contribution in [-0.4, -0.2) is 20.2 Å². The van der Waals surface area contributed by atoms with Crippen LogP contribution in [0.4, 0.5) is 0 Å². The molecule has 1 N–H and O–H groups in total. The maximum Gasteiger partial charge on any atom is 0.129 e. The van der Waals surface area contributed by atoms with E-state index >= 15 is 0 Å². The number of H-pyrrole nitrogens is 1. The molecule has 1 saturated carbocycles. The van der Waals surface area contributed by atoms with Crippen LogP contribution in [0.2, 0.25) is 5.15 Å². The van der Waals surface area contributed by atoms with Gasteiger partial charge in [0.15, 0.2) is 0 Å². The fraction of sp³-hybridized carbons (Fsp3) is 0.235. The minimum Gasteiger partial charge on any atom is -0.281 e. The third-order valence-electron chi connectivity index (χ3n) is 4.54. The molecule has 110 valence electrons. The molecule has 0 unspecified atom stereocenters. The van der Waals surface area contributed by atoms with Crippen molar-refractivity contribution < 1.29 is 0 Å². The average Bonchev–Trinajstić information content (AvgIpc) is 2.99. The van der Waals surface area contributed by atoms with Crippen LogP contribution in [-0.2, 0) is 5.41 Å². The van der Waals surface area contributed by atoms with Crippen molar-refractivity contribution in [2.24, 2.45) is 0 Å². The van der Waals surface area contributed by atoms with Crippen molar-refractivity contribution in [2.45, 2.75) is 24.7 Å². The van der Waals surface area contributed by atoms with E-state index in [2.05, 4.69) is 32.3 Å². The molecule has 0 aromatic carbocycles. The van der Waals surface area contributed by atoms with Gasteiger partial charge in [0, 0.05) is 35.3 Å². The average molecular weight is 311 g/mol. The predicted molar refractivity (Wildman–Crippen MR) is 85.7 cm³/mol. The fourth-order valence-electron chi connectivity index (χ4n) is 3.13. The summed E-state index contributed by atoms with van der Waals surface area (Å²) in [6.07, 6.45) is 8.90. The van der Waals surface area contributed by atoms with Crippen LogP contribution in [0.5, 0.6) is 0 Å². The van der Waals surface area contributed by atoms with Crippen LogP contribution < -0.4 is 0 Å². The van der Waals surface area contributed by atoms with Crippen LogP contribution in [0.15, 0.2) is 48.9 Å². The van der Waals surface area contributed by atoms with Crippen LogP contribution in [0.25, 0.3) is 11.3 Å². The molecule has 0 radical (unpaired) electrons. The second kappa shape index (κ2) is 5.21. The Bertz CT molecular complexity index is 776. The Morgan fingerprint density at radius 3 is 2.68 bits per heavy atom. The summed E-state index contributed by atoms with van der Waals surface area (Å²) in [5.41, 5.74) is 4.28. The molecular formula is C17H15ClN4. The van der Waals surface area contributed by atoms with Crippen molar-refractivity contribution in [1.82, 2.24) is 20.2 Å². The minimum absolute atomic E-state index is 0.00888. The summed E-state index contributed by atoms with van der Waals surface area (Å²) in [5.74, 6) is 0. The van der Waals surface area contributed by atoms with Gasteiger partial charge < -0.3 is 0 Å². The molecule has 0 saturated heterocycles. The Balaban J connectivity index is 1.74. The molecule has 0 bridgehead atoms. The van der Waals surface area contributed by atoms with Crippen molar-refractivity contribution in [1.29, 1.82) is 0 Å². The maximum absolute atomic E-state index is 5.91. The highest BCUT2D eigenvalue weighted by Gasteiger charge is 2.42. The van der Waals surface area contributed by atoms with Gasteiger partial charge in [-0.3, -0.25) is 10.1 Å². The Kier molecular flexibility index (Phi) is 3.19. The fourth-order valence-corrected chi connectivity index (χ4v) is 3.24. The Hall–Kier alpha value is -2.20. The van der Waals surface area contributed by atoms with E-state index in [4.69, 9.17) is 11.6 Å². The van der Waals surface area contributed by atoms with Gasteiger partial charge in [-0.25, -0.2) is 4.98 Å². The van der Waals surface area contributed by atoms with E-state index in [1.165, 1.54) is 12.0 Å². The van der Waals surface area contributed by atoms with Gasteiger partial charge in [0.25, 0.3) is 0 Å². The summed E-state index contributed by atoms with van der Waals surface area (Å²) >= 11 is 5.91. The summed E-state index contributed by atoms with van der Waals surface area (Å²) in [6.45, 7) is 0. The lowest BCUT2D eigenvalue weighted by atomic mass is 9.63. The Morgan fingerprint density at radius 1 is 1.14 bits per heavy atom. The molecule has 1 aliphatic carbocycles. The molecule has 4 nitrogen and oxygen atoms in total. The summed E-state index contributed by atoms with van der Waals surface area (Å²) in [5, 5.41) is 8.21. The lowest BCUT2D eigenvalue weighted by molar-refractivity contribution is 0.292. The molecule has 1 aliphatic rings. The molecular weight excluding hydrogens is 296 g/mol. The van der Waals surface area contributed by atoms with Gasteiger partial charge in [0.1, 0.15) is 5.15 Å². The second-order valence-corrected chi connectivity index (χ2v) is 6.10. The zero-order chi connectivity index (χ0) is 15.0. The summed E-state index contributed by atoms with van der Waals surface area (Å²) in [7, 11) is 0. The minimum atomic E-state index is -0.00888. The monoisotopic (exact) mass is 310 g/mol. The van der Waals surface area contributed by atoms with Crippen molar-refractivity contribution in [2.75, 3.05) is 0 Å².